The van der Waals surface area contributed by atoms with E-state index in [1.54, 1.807) is 20.8 Å². The predicted octanol–water partition coefficient (Wildman–Crippen LogP) is 2.74. The van der Waals surface area contributed by atoms with E-state index in [1.165, 1.54) is 0 Å². The molecule has 2 unspecified atom stereocenters. The number of hydrogen-bond acceptors (Lipinski definition) is 5. The Bertz CT molecular complexity index is 623. The van der Waals surface area contributed by atoms with E-state index in [-0.39, 0.29) is 18.5 Å². The maximum Gasteiger partial charge on any atom is 0.454 e. The summed E-state index contributed by atoms with van der Waals surface area (Å²) in [5.74, 6) is -1.99. The smallest absolute Gasteiger partial charge is 0.444 e. The van der Waals surface area contributed by atoms with Crippen molar-refractivity contribution in [1.29, 1.82) is 0 Å². The van der Waals surface area contributed by atoms with Gasteiger partial charge >= 0.3 is 12.3 Å². The lowest BCUT2D eigenvalue weighted by molar-refractivity contribution is -0.0885. The van der Waals surface area contributed by atoms with Crippen molar-refractivity contribution in [3.05, 3.63) is 35.4 Å². The first-order valence-electron chi connectivity index (χ1n) is 7.86. The molecule has 0 aliphatic heterocycles. The van der Waals surface area contributed by atoms with Crippen molar-refractivity contribution in [3.63, 3.8) is 0 Å². The highest BCUT2D eigenvalue weighted by atomic mass is 19.4. The number of halogens is 3. The number of carbonyl (C=O) groups excluding carboxylic acids is 2. The van der Waals surface area contributed by atoms with E-state index >= 15 is 0 Å². The van der Waals surface area contributed by atoms with Gasteiger partial charge in [0, 0.05) is 12.1 Å². The summed E-state index contributed by atoms with van der Waals surface area (Å²) in [4.78, 5) is 22.6. The summed E-state index contributed by atoms with van der Waals surface area (Å²) in [5.41, 5.74) is -1.08. The van der Waals surface area contributed by atoms with Crippen molar-refractivity contribution in [2.75, 3.05) is 6.54 Å². The largest absolute Gasteiger partial charge is 0.454 e. The lowest BCUT2D eigenvalue weighted by Crippen LogP contribution is -2.34. The molecule has 0 radical (unpaired) electrons. The molecule has 0 bridgehead atoms. The van der Waals surface area contributed by atoms with Crippen molar-refractivity contribution in [3.8, 4) is 0 Å². The Morgan fingerprint density at radius 3 is 2.12 bits per heavy atom. The molecule has 0 saturated carbocycles. The fourth-order valence-electron chi connectivity index (χ4n) is 2.01. The molecule has 0 aliphatic carbocycles. The quantitative estimate of drug-likeness (QED) is 0.663. The van der Waals surface area contributed by atoms with Crippen LogP contribution in [0.2, 0.25) is 0 Å². The Morgan fingerprint density at radius 2 is 1.65 bits per heavy atom. The van der Waals surface area contributed by atoms with Crippen LogP contribution in [0.4, 0.5) is 18.0 Å². The summed E-state index contributed by atoms with van der Waals surface area (Å²) in [6.45, 7) is 5.10. The predicted molar refractivity (Wildman–Crippen MR) is 86.6 cm³/mol. The van der Waals surface area contributed by atoms with Crippen LogP contribution in [0.1, 0.15) is 49.2 Å². The maximum atomic E-state index is 12.3. The molecular weight excluding hydrogens is 355 g/mol. The molecule has 0 heterocycles. The summed E-state index contributed by atoms with van der Waals surface area (Å²) < 4.78 is 42.0. The zero-order valence-electron chi connectivity index (χ0n) is 14.6. The number of rotatable bonds is 6. The van der Waals surface area contributed by atoms with Gasteiger partial charge in [0.15, 0.2) is 0 Å². The van der Waals surface area contributed by atoms with Crippen LogP contribution >= 0.6 is 0 Å². The molecule has 1 amide bonds. The highest BCUT2D eigenvalue weighted by Crippen LogP contribution is 2.24. The third-order valence-corrected chi connectivity index (χ3v) is 3.24. The number of nitrogens with one attached hydrogen (secondary N) is 1. The first-order chi connectivity index (χ1) is 11.8. The molecule has 2 atom stereocenters. The average Bonchev–Trinajstić information content (AvgIpc) is 2.50. The van der Waals surface area contributed by atoms with Gasteiger partial charge in [-0.15, -0.1) is 0 Å². The zero-order chi connectivity index (χ0) is 20.1. The lowest BCUT2D eigenvalue weighted by Gasteiger charge is -2.21. The van der Waals surface area contributed by atoms with Gasteiger partial charge in [0.2, 0.25) is 0 Å². The Labute approximate surface area is 149 Å². The fourth-order valence-corrected chi connectivity index (χ4v) is 2.01. The van der Waals surface area contributed by atoms with Crippen LogP contribution in [0.3, 0.4) is 0 Å². The van der Waals surface area contributed by atoms with E-state index in [0.717, 1.165) is 24.3 Å². The second-order valence-corrected chi connectivity index (χ2v) is 6.68. The monoisotopic (exact) mass is 377 g/mol. The minimum atomic E-state index is -4.98. The van der Waals surface area contributed by atoms with E-state index in [9.17, 15) is 33.0 Å². The van der Waals surface area contributed by atoms with Gasteiger partial charge in [-0.3, -0.25) is 4.79 Å². The number of aliphatic hydroxyl groups excluding tert-OH is 2. The van der Waals surface area contributed by atoms with E-state index in [0.29, 0.717) is 0 Å². The molecule has 9 heteroatoms. The molecule has 6 nitrogen and oxygen atoms in total. The van der Waals surface area contributed by atoms with E-state index in [2.05, 4.69) is 5.32 Å². The standard InChI is InChI=1S/C17H22F3NO5/c1-16(2,3)26-15(25)21-9-8-12(22)13(23)10-4-6-11(7-5-10)14(24)17(18,19)20/h4-7,12-13,22-23H,8-9H2,1-3H3,(H,21,25). The van der Waals surface area contributed by atoms with Crippen molar-refractivity contribution in [2.45, 2.75) is 51.2 Å². The number of benzene rings is 1. The van der Waals surface area contributed by atoms with Crippen LogP contribution in [0.5, 0.6) is 0 Å². The summed E-state index contributed by atoms with van der Waals surface area (Å²) >= 11 is 0. The minimum Gasteiger partial charge on any atom is -0.444 e. The van der Waals surface area contributed by atoms with Gasteiger partial charge in [0.1, 0.15) is 11.7 Å². The Morgan fingerprint density at radius 1 is 1.12 bits per heavy atom. The second kappa shape index (κ2) is 8.50. The molecule has 1 aromatic carbocycles. The Hall–Kier alpha value is -2.13. The van der Waals surface area contributed by atoms with Gasteiger partial charge in [-0.1, -0.05) is 24.3 Å². The van der Waals surface area contributed by atoms with Crippen LogP contribution in [0, 0.1) is 0 Å². The third kappa shape index (κ3) is 7.01. The maximum absolute atomic E-state index is 12.3. The number of ether oxygens (including phenoxy) is 1. The number of ketones is 1. The highest BCUT2D eigenvalue weighted by molar-refractivity contribution is 6.00. The lowest BCUT2D eigenvalue weighted by atomic mass is 9.99. The summed E-state index contributed by atoms with van der Waals surface area (Å²) in [5, 5.41) is 22.4. The van der Waals surface area contributed by atoms with Crippen LogP contribution in [0.25, 0.3) is 0 Å². The van der Waals surface area contributed by atoms with Crippen molar-refractivity contribution >= 4 is 11.9 Å². The van der Waals surface area contributed by atoms with Gasteiger partial charge in [0.05, 0.1) is 6.10 Å². The molecule has 1 aromatic rings. The summed E-state index contributed by atoms with van der Waals surface area (Å²) in [6, 6.07) is 4.13. The molecule has 0 spiro atoms. The summed E-state index contributed by atoms with van der Waals surface area (Å²) in [7, 11) is 0. The SMILES string of the molecule is CC(C)(C)OC(=O)NCCC(O)C(O)c1ccc(C(=O)C(F)(F)F)cc1. The first-order valence-corrected chi connectivity index (χ1v) is 7.86. The summed E-state index contributed by atoms with van der Waals surface area (Å²) in [6.07, 6.45) is -8.31. The normalized spacial score (nSPS) is 14.5. The Kier molecular flexibility index (Phi) is 7.16. The van der Waals surface area contributed by atoms with Crippen molar-refractivity contribution in [1.82, 2.24) is 5.32 Å². The number of Topliss-reactive ketones (excluding diaryl/α,β-unsaturated/α-hetero) is 1. The second-order valence-electron chi connectivity index (χ2n) is 6.68. The van der Waals surface area contributed by atoms with Gasteiger partial charge in [-0.25, -0.2) is 4.79 Å². The first kappa shape index (κ1) is 21.9. The number of amides is 1. The molecule has 0 fully saturated rings. The fraction of sp³-hybridized carbons (Fsp3) is 0.529. The van der Waals surface area contributed by atoms with Crippen LogP contribution < -0.4 is 5.32 Å². The molecule has 146 valence electrons. The molecular formula is C17H22F3NO5. The van der Waals surface area contributed by atoms with Crippen LogP contribution in [0.15, 0.2) is 24.3 Å². The third-order valence-electron chi connectivity index (χ3n) is 3.24. The van der Waals surface area contributed by atoms with E-state index in [1.807, 2.05) is 0 Å². The van der Waals surface area contributed by atoms with Crippen LogP contribution in [-0.4, -0.2) is 46.5 Å². The number of aliphatic hydroxyl groups is 2. The number of hydrogen-bond donors (Lipinski definition) is 3. The van der Waals surface area contributed by atoms with E-state index in [4.69, 9.17) is 4.74 Å². The van der Waals surface area contributed by atoms with Crippen LogP contribution in [-0.2, 0) is 4.74 Å². The van der Waals surface area contributed by atoms with Gasteiger partial charge < -0.3 is 20.3 Å². The molecule has 0 aliphatic rings. The Balaban J connectivity index is 2.57. The zero-order valence-corrected chi connectivity index (χ0v) is 14.6. The molecule has 1 rings (SSSR count). The topological polar surface area (TPSA) is 95.9 Å². The molecule has 26 heavy (non-hydrogen) atoms. The highest BCUT2D eigenvalue weighted by Gasteiger charge is 2.39. The van der Waals surface area contributed by atoms with Crippen molar-refractivity contribution < 1.29 is 37.7 Å². The molecule has 0 saturated heterocycles. The number of alkyl halides is 3. The average molecular weight is 377 g/mol. The van der Waals surface area contributed by atoms with E-state index < -0.39 is 41.4 Å². The minimum absolute atomic E-state index is 0.0103. The molecule has 3 N–H and O–H groups in total. The number of alkyl carbamates (subject to hydrolysis) is 1. The van der Waals surface area contributed by atoms with Gasteiger partial charge in [0.25, 0.3) is 5.78 Å². The van der Waals surface area contributed by atoms with Gasteiger partial charge in [-0.05, 0) is 32.8 Å². The number of carbonyl (C=O) groups is 2. The van der Waals surface area contributed by atoms with Crippen molar-refractivity contribution in [2.24, 2.45) is 0 Å². The van der Waals surface area contributed by atoms with Gasteiger partial charge in [-0.2, -0.15) is 13.2 Å². The molecule has 0 aromatic heterocycles.